The van der Waals surface area contributed by atoms with Gasteiger partial charge >= 0.3 is 7.12 Å². The van der Waals surface area contributed by atoms with Gasteiger partial charge in [0.15, 0.2) is 0 Å². The van der Waals surface area contributed by atoms with Gasteiger partial charge in [-0.15, -0.1) is 0 Å². The molecule has 1 unspecified atom stereocenters. The molecule has 1 aromatic carbocycles. The highest BCUT2D eigenvalue weighted by molar-refractivity contribution is 6.54. The van der Waals surface area contributed by atoms with Gasteiger partial charge in [-0.1, -0.05) is 36.4 Å². The van der Waals surface area contributed by atoms with Crippen molar-refractivity contribution in [1.82, 2.24) is 9.78 Å². The highest BCUT2D eigenvalue weighted by atomic mass is 16.7. The molecule has 0 aliphatic carbocycles. The Labute approximate surface area is 161 Å². The van der Waals surface area contributed by atoms with Gasteiger partial charge < -0.3 is 14.0 Å². The van der Waals surface area contributed by atoms with Crippen molar-refractivity contribution in [2.75, 3.05) is 6.61 Å². The van der Waals surface area contributed by atoms with E-state index in [-0.39, 0.29) is 24.4 Å². The van der Waals surface area contributed by atoms with Crippen LogP contribution in [-0.2, 0) is 20.6 Å². The third-order valence-corrected chi connectivity index (χ3v) is 5.78. The molecule has 0 spiro atoms. The molecule has 2 aliphatic rings. The quantitative estimate of drug-likeness (QED) is 0.769. The summed E-state index contributed by atoms with van der Waals surface area (Å²) in [6, 6.07) is 10.3. The van der Waals surface area contributed by atoms with Crippen LogP contribution in [0.25, 0.3) is 0 Å². The molecule has 0 bridgehead atoms. The number of benzene rings is 1. The highest BCUT2D eigenvalue weighted by Crippen LogP contribution is 2.40. The van der Waals surface area contributed by atoms with Crippen LogP contribution in [0.5, 0.6) is 0 Å². The molecule has 1 aromatic heterocycles. The number of hydrogen-bond acceptors (Lipinski definition) is 4. The van der Waals surface area contributed by atoms with Gasteiger partial charge in [0.05, 0.1) is 30.6 Å². The minimum atomic E-state index is -0.327. The molecule has 6 heteroatoms. The van der Waals surface area contributed by atoms with Gasteiger partial charge in [0.2, 0.25) is 0 Å². The summed E-state index contributed by atoms with van der Waals surface area (Å²) < 4.78 is 20.3. The molecule has 27 heavy (non-hydrogen) atoms. The monoisotopic (exact) mass is 366 g/mol. The van der Waals surface area contributed by atoms with Gasteiger partial charge in [-0.2, -0.15) is 5.10 Å². The van der Waals surface area contributed by atoms with E-state index >= 15 is 0 Å². The third-order valence-electron chi connectivity index (χ3n) is 5.78. The number of ether oxygens (including phenoxy) is 1. The molecular formula is C21H27BN2O3. The van der Waals surface area contributed by atoms with Crippen molar-refractivity contribution in [2.24, 2.45) is 0 Å². The van der Waals surface area contributed by atoms with Crippen LogP contribution in [0.4, 0.5) is 0 Å². The Morgan fingerprint density at radius 2 is 1.81 bits per heavy atom. The van der Waals surface area contributed by atoms with Crippen LogP contribution in [-0.4, -0.2) is 34.7 Å². The van der Waals surface area contributed by atoms with Crippen LogP contribution >= 0.6 is 0 Å². The molecule has 4 rings (SSSR count). The SMILES string of the molecule is CC1(C)OB(C2=CC(c3cnn(Cc4ccccc4)c3)OCC2)OC1(C)C. The van der Waals surface area contributed by atoms with Crippen molar-refractivity contribution in [1.29, 1.82) is 0 Å². The average Bonchev–Trinajstić information content (AvgIpc) is 3.18. The summed E-state index contributed by atoms with van der Waals surface area (Å²) in [7, 11) is -0.305. The van der Waals surface area contributed by atoms with E-state index in [9.17, 15) is 0 Å². The fraction of sp³-hybridized carbons (Fsp3) is 0.476. The second kappa shape index (κ2) is 6.93. The molecule has 1 atom stereocenters. The Morgan fingerprint density at radius 1 is 1.11 bits per heavy atom. The van der Waals surface area contributed by atoms with Crippen molar-refractivity contribution < 1.29 is 14.0 Å². The predicted octanol–water partition coefficient (Wildman–Crippen LogP) is 3.95. The molecule has 0 amide bonds. The van der Waals surface area contributed by atoms with E-state index in [1.54, 1.807) is 0 Å². The van der Waals surface area contributed by atoms with E-state index in [0.717, 1.165) is 24.0 Å². The molecule has 142 valence electrons. The zero-order chi connectivity index (χ0) is 19.1. The van der Waals surface area contributed by atoms with Gasteiger partial charge in [0, 0.05) is 11.8 Å². The molecule has 0 N–H and O–H groups in total. The Bertz CT molecular complexity index is 813. The predicted molar refractivity (Wildman–Crippen MR) is 105 cm³/mol. The standard InChI is InChI=1S/C21H27BN2O3/c1-20(2)21(3,4)27-22(26-20)18-10-11-25-19(12-18)17-13-23-24(15-17)14-16-8-6-5-7-9-16/h5-9,12-13,15,19H,10-11,14H2,1-4H3. The summed E-state index contributed by atoms with van der Waals surface area (Å²) in [5.74, 6) is 0. The van der Waals surface area contributed by atoms with Crippen molar-refractivity contribution in [3.63, 3.8) is 0 Å². The normalized spacial score (nSPS) is 24.1. The number of hydrogen-bond donors (Lipinski definition) is 0. The second-order valence-electron chi connectivity index (χ2n) is 8.33. The Hall–Kier alpha value is -1.89. The first kappa shape index (κ1) is 18.5. The number of nitrogens with zero attached hydrogens (tertiary/aromatic N) is 2. The minimum Gasteiger partial charge on any atom is -0.400 e. The largest absolute Gasteiger partial charge is 0.490 e. The first-order valence-corrected chi connectivity index (χ1v) is 9.58. The van der Waals surface area contributed by atoms with Crippen LogP contribution in [0.2, 0.25) is 0 Å². The van der Waals surface area contributed by atoms with Gasteiger partial charge in [-0.05, 0) is 45.2 Å². The molecule has 5 nitrogen and oxygen atoms in total. The second-order valence-corrected chi connectivity index (χ2v) is 8.33. The maximum absolute atomic E-state index is 6.21. The van der Waals surface area contributed by atoms with E-state index in [1.165, 1.54) is 5.56 Å². The maximum atomic E-state index is 6.21. The third kappa shape index (κ3) is 3.75. The van der Waals surface area contributed by atoms with Crippen LogP contribution in [0.15, 0.2) is 54.3 Å². The van der Waals surface area contributed by atoms with E-state index in [0.29, 0.717) is 6.61 Å². The lowest BCUT2D eigenvalue weighted by Gasteiger charge is -2.32. The van der Waals surface area contributed by atoms with Crippen molar-refractivity contribution >= 4 is 7.12 Å². The van der Waals surface area contributed by atoms with Crippen molar-refractivity contribution in [3.05, 3.63) is 65.4 Å². The summed E-state index contributed by atoms with van der Waals surface area (Å²) in [6.07, 6.45) is 6.79. The molecule has 0 saturated carbocycles. The van der Waals surface area contributed by atoms with Crippen LogP contribution < -0.4 is 0 Å². The van der Waals surface area contributed by atoms with Crippen molar-refractivity contribution in [3.8, 4) is 0 Å². The Morgan fingerprint density at radius 3 is 2.52 bits per heavy atom. The van der Waals surface area contributed by atoms with Crippen LogP contribution in [0.1, 0.15) is 51.3 Å². The lowest BCUT2D eigenvalue weighted by atomic mass is 9.74. The van der Waals surface area contributed by atoms with Gasteiger partial charge in [0.25, 0.3) is 0 Å². The van der Waals surface area contributed by atoms with E-state index in [1.807, 2.05) is 29.1 Å². The topological polar surface area (TPSA) is 45.5 Å². The molecule has 1 fully saturated rings. The highest BCUT2D eigenvalue weighted by Gasteiger charge is 2.52. The maximum Gasteiger partial charge on any atom is 0.490 e. The van der Waals surface area contributed by atoms with Gasteiger partial charge in [-0.3, -0.25) is 4.68 Å². The Kier molecular flexibility index (Phi) is 4.74. The zero-order valence-corrected chi connectivity index (χ0v) is 16.5. The van der Waals surface area contributed by atoms with E-state index in [2.05, 4.69) is 57.2 Å². The molecule has 2 aromatic rings. The lowest BCUT2D eigenvalue weighted by molar-refractivity contribution is 0.00578. The molecule has 2 aliphatic heterocycles. The molecule has 0 radical (unpaired) electrons. The minimum absolute atomic E-state index is 0.114. The first-order valence-electron chi connectivity index (χ1n) is 9.58. The fourth-order valence-electron chi connectivity index (χ4n) is 3.40. The summed E-state index contributed by atoms with van der Waals surface area (Å²) >= 11 is 0. The van der Waals surface area contributed by atoms with Crippen molar-refractivity contribution in [2.45, 2.75) is 58.0 Å². The summed E-state index contributed by atoms with van der Waals surface area (Å²) in [5, 5.41) is 4.50. The van der Waals surface area contributed by atoms with Crippen LogP contribution in [0, 0.1) is 0 Å². The number of rotatable bonds is 4. The van der Waals surface area contributed by atoms with E-state index in [4.69, 9.17) is 14.0 Å². The fourth-order valence-corrected chi connectivity index (χ4v) is 3.40. The average molecular weight is 366 g/mol. The Balaban J connectivity index is 1.49. The lowest BCUT2D eigenvalue weighted by Crippen LogP contribution is -2.41. The van der Waals surface area contributed by atoms with Crippen LogP contribution in [0.3, 0.4) is 0 Å². The molecule has 1 saturated heterocycles. The smallest absolute Gasteiger partial charge is 0.400 e. The summed E-state index contributed by atoms with van der Waals surface area (Å²) in [4.78, 5) is 0. The zero-order valence-electron chi connectivity index (χ0n) is 16.5. The summed E-state index contributed by atoms with van der Waals surface area (Å²) in [6.45, 7) is 9.73. The molecule has 3 heterocycles. The molecular weight excluding hydrogens is 339 g/mol. The number of aromatic nitrogens is 2. The van der Waals surface area contributed by atoms with Gasteiger partial charge in [0.1, 0.15) is 6.10 Å². The van der Waals surface area contributed by atoms with E-state index < -0.39 is 0 Å². The van der Waals surface area contributed by atoms with Gasteiger partial charge in [-0.25, -0.2) is 0 Å². The summed E-state index contributed by atoms with van der Waals surface area (Å²) in [5.41, 5.74) is 2.78. The first-order chi connectivity index (χ1) is 12.8.